The number of phosphoric ester groups is 1. The molecule has 0 bridgehead atoms. The lowest BCUT2D eigenvalue weighted by atomic mass is 10.3. The molecule has 0 unspecified atom stereocenters. The first-order chi connectivity index (χ1) is 5.15. The van der Waals surface area contributed by atoms with Crippen molar-refractivity contribution in [2.75, 3.05) is 6.61 Å². The summed E-state index contributed by atoms with van der Waals surface area (Å²) in [4.78, 5) is 26.2. The predicted octanol–water partition coefficient (Wildman–Crippen LogP) is -2.17. The highest BCUT2D eigenvalue weighted by molar-refractivity contribution is 7.46. The molecule has 0 fully saturated rings. The van der Waals surface area contributed by atoms with Crippen molar-refractivity contribution in [1.29, 1.82) is 0 Å². The van der Waals surface area contributed by atoms with Gasteiger partial charge in [-0.3, -0.25) is 10.3 Å². The number of carboxylic acids is 1. The Hall–Kier alpha value is -0.500. The van der Waals surface area contributed by atoms with Crippen molar-refractivity contribution in [3.05, 3.63) is 0 Å². The van der Waals surface area contributed by atoms with E-state index in [2.05, 4.69) is 10.3 Å². The average Bonchev–Trinajstić information content (AvgIpc) is 1.82. The normalized spacial score (nSPS) is 17.0. The van der Waals surface area contributed by atoms with Gasteiger partial charge in [-0.2, -0.15) is 0 Å². The number of aliphatic hydroxyl groups is 1. The Morgan fingerprint density at radius 3 is 2.25 bits per heavy atom. The van der Waals surface area contributed by atoms with Gasteiger partial charge in [0.2, 0.25) is 5.72 Å². The van der Waals surface area contributed by atoms with E-state index >= 15 is 0 Å². The highest BCUT2D eigenvalue weighted by Crippen LogP contribution is 2.36. The average molecular weight is 201 g/mol. The van der Waals surface area contributed by atoms with Crippen LogP contribution >= 0.6 is 7.82 Å². The third-order valence-corrected chi connectivity index (χ3v) is 1.29. The van der Waals surface area contributed by atoms with Gasteiger partial charge in [-0.25, -0.2) is 9.36 Å². The van der Waals surface area contributed by atoms with Crippen LogP contribution in [0.5, 0.6) is 0 Å². The molecule has 0 rings (SSSR count). The number of aliphatic carboxylic acids is 1. The van der Waals surface area contributed by atoms with E-state index in [9.17, 15) is 9.36 Å². The summed E-state index contributed by atoms with van der Waals surface area (Å²) in [7, 11) is -4.81. The number of rotatable bonds is 4. The van der Waals surface area contributed by atoms with E-state index in [1.54, 1.807) is 0 Å². The minimum absolute atomic E-state index is 1.19. The zero-order valence-electron chi connectivity index (χ0n) is 5.75. The summed E-state index contributed by atoms with van der Waals surface area (Å²) in [6.45, 7) is -1.19. The van der Waals surface area contributed by atoms with Crippen LogP contribution in [0.4, 0.5) is 0 Å². The number of hydrogen-bond donors (Lipinski definition) is 5. The molecule has 0 aliphatic carbocycles. The molecule has 0 amide bonds. The number of hydrogen-bond acceptors (Lipinski definition) is 5. The molecule has 0 aliphatic heterocycles. The van der Waals surface area contributed by atoms with E-state index in [0.29, 0.717) is 0 Å². The maximum absolute atomic E-state index is 10.0. The summed E-state index contributed by atoms with van der Waals surface area (Å²) in [5.74, 6) is -1.84. The van der Waals surface area contributed by atoms with E-state index in [1.165, 1.54) is 0 Å². The summed E-state index contributed by atoms with van der Waals surface area (Å²) >= 11 is 0. The van der Waals surface area contributed by atoms with Gasteiger partial charge in [-0.1, -0.05) is 0 Å². The molecule has 0 aromatic carbocycles. The third-order valence-electron chi connectivity index (χ3n) is 0.823. The molecule has 0 spiro atoms. The molecule has 0 saturated heterocycles. The fourth-order valence-corrected chi connectivity index (χ4v) is 0.609. The van der Waals surface area contributed by atoms with Gasteiger partial charge in [0.1, 0.15) is 6.61 Å². The second-order valence-corrected chi connectivity index (χ2v) is 3.23. The van der Waals surface area contributed by atoms with Crippen molar-refractivity contribution in [3.8, 4) is 0 Å². The molecule has 6 N–H and O–H groups in total. The molecule has 8 nitrogen and oxygen atoms in total. The zero-order valence-corrected chi connectivity index (χ0v) is 6.64. The van der Waals surface area contributed by atoms with Crippen molar-refractivity contribution >= 4 is 13.8 Å². The zero-order chi connectivity index (χ0) is 9.99. The quantitative estimate of drug-likeness (QED) is 0.254. The fourth-order valence-electron chi connectivity index (χ4n) is 0.244. The van der Waals surface area contributed by atoms with E-state index in [1.807, 2.05) is 0 Å². The van der Waals surface area contributed by atoms with Crippen molar-refractivity contribution < 1.29 is 33.9 Å². The van der Waals surface area contributed by atoms with Gasteiger partial charge < -0.3 is 20.0 Å². The molecular formula is C3H8NO7P. The van der Waals surface area contributed by atoms with Crippen LogP contribution in [-0.2, 0) is 13.9 Å². The Bertz CT molecular complexity index is 219. The lowest BCUT2D eigenvalue weighted by molar-refractivity contribution is -0.161. The van der Waals surface area contributed by atoms with Gasteiger partial charge in [0.25, 0.3) is 0 Å². The summed E-state index contributed by atoms with van der Waals surface area (Å²) in [6.07, 6.45) is 0. The number of phosphoric acid groups is 1. The summed E-state index contributed by atoms with van der Waals surface area (Å²) in [6, 6.07) is 0. The van der Waals surface area contributed by atoms with Gasteiger partial charge in [-0.05, 0) is 0 Å². The lowest BCUT2D eigenvalue weighted by Crippen LogP contribution is -2.51. The monoisotopic (exact) mass is 201 g/mol. The van der Waals surface area contributed by atoms with Gasteiger partial charge in [0, 0.05) is 0 Å². The van der Waals surface area contributed by atoms with Crippen LogP contribution in [0.3, 0.4) is 0 Å². The second kappa shape index (κ2) is 3.48. The highest BCUT2D eigenvalue weighted by atomic mass is 31.2. The molecule has 0 aliphatic rings. The van der Waals surface area contributed by atoms with Crippen molar-refractivity contribution in [1.82, 2.24) is 0 Å². The van der Waals surface area contributed by atoms with Crippen LogP contribution in [0.15, 0.2) is 0 Å². The Kier molecular flexibility index (Phi) is 3.34. The van der Waals surface area contributed by atoms with E-state index in [-0.39, 0.29) is 0 Å². The van der Waals surface area contributed by atoms with Crippen LogP contribution in [0, 0.1) is 0 Å². The number of carbonyl (C=O) groups is 1. The van der Waals surface area contributed by atoms with Crippen LogP contribution in [0.25, 0.3) is 0 Å². The Morgan fingerprint density at radius 2 is 2.00 bits per heavy atom. The molecule has 0 heterocycles. The van der Waals surface area contributed by atoms with Gasteiger partial charge in [0.05, 0.1) is 0 Å². The summed E-state index contributed by atoms with van der Waals surface area (Å²) in [5.41, 5.74) is 1.86. The number of nitrogens with two attached hydrogens (primary N) is 1. The first kappa shape index (κ1) is 11.5. The topological polar surface area (TPSA) is 150 Å². The molecule has 9 heteroatoms. The minimum atomic E-state index is -4.81. The number of carboxylic acid groups (broad SMARTS) is 1. The predicted molar refractivity (Wildman–Crippen MR) is 34.8 cm³/mol. The Balaban J connectivity index is 4.10. The Morgan fingerprint density at radius 1 is 1.58 bits per heavy atom. The molecule has 0 aromatic heterocycles. The summed E-state index contributed by atoms with van der Waals surface area (Å²) < 4.78 is 13.7. The van der Waals surface area contributed by atoms with E-state index in [0.717, 1.165) is 0 Å². The Labute approximate surface area is 66.8 Å². The molecular weight excluding hydrogens is 193 g/mol. The van der Waals surface area contributed by atoms with Gasteiger partial charge in [-0.15, -0.1) is 0 Å². The van der Waals surface area contributed by atoms with Crippen molar-refractivity contribution in [3.63, 3.8) is 0 Å². The molecule has 1 atom stereocenters. The first-order valence-electron chi connectivity index (χ1n) is 2.60. The molecule has 12 heavy (non-hydrogen) atoms. The fraction of sp³-hybridized carbons (Fsp3) is 0.667. The first-order valence-corrected chi connectivity index (χ1v) is 4.13. The summed E-state index contributed by atoms with van der Waals surface area (Å²) in [5, 5.41) is 16.8. The molecule has 0 radical (unpaired) electrons. The van der Waals surface area contributed by atoms with E-state index in [4.69, 9.17) is 20.0 Å². The standard InChI is InChI=1S/C3H8NO7P/c4-3(7,2(5)6)1-11-12(8,9)10/h7H,1,4H2,(H,5,6)(H2,8,9,10)/t3-/m1/s1. The van der Waals surface area contributed by atoms with Crippen molar-refractivity contribution in [2.24, 2.45) is 5.73 Å². The van der Waals surface area contributed by atoms with E-state index < -0.39 is 26.1 Å². The van der Waals surface area contributed by atoms with Crippen LogP contribution in [0.2, 0.25) is 0 Å². The van der Waals surface area contributed by atoms with Gasteiger partial charge in [0.15, 0.2) is 0 Å². The SMILES string of the molecule is N[C@@](O)(COP(=O)(O)O)C(=O)O. The lowest BCUT2D eigenvalue weighted by Gasteiger charge is -2.17. The third kappa shape index (κ3) is 4.39. The molecule has 0 saturated carbocycles. The van der Waals surface area contributed by atoms with Crippen LogP contribution < -0.4 is 5.73 Å². The molecule has 72 valence electrons. The maximum atomic E-state index is 10.0. The van der Waals surface area contributed by atoms with Crippen LogP contribution in [0.1, 0.15) is 0 Å². The maximum Gasteiger partial charge on any atom is 0.469 e. The largest absolute Gasteiger partial charge is 0.478 e. The molecule has 0 aromatic rings. The van der Waals surface area contributed by atoms with Crippen LogP contribution in [-0.4, -0.2) is 38.3 Å². The van der Waals surface area contributed by atoms with Gasteiger partial charge >= 0.3 is 13.8 Å². The smallest absolute Gasteiger partial charge is 0.469 e. The highest BCUT2D eigenvalue weighted by Gasteiger charge is 2.34. The van der Waals surface area contributed by atoms with Crippen molar-refractivity contribution in [2.45, 2.75) is 5.72 Å². The second-order valence-electron chi connectivity index (χ2n) is 1.99. The minimum Gasteiger partial charge on any atom is -0.478 e.